The van der Waals surface area contributed by atoms with Crippen LogP contribution in [0, 0.1) is 0 Å². The van der Waals surface area contributed by atoms with Crippen molar-refractivity contribution in [2.75, 3.05) is 51.3 Å². The van der Waals surface area contributed by atoms with E-state index in [-0.39, 0.29) is 5.91 Å². The molecule has 2 aromatic carbocycles. The molecule has 0 radical (unpaired) electrons. The Morgan fingerprint density at radius 2 is 1.75 bits per heavy atom. The smallest absolute Gasteiger partial charge is 0.234 e. The zero-order valence-corrected chi connectivity index (χ0v) is 16.7. The Labute approximate surface area is 167 Å². The first-order chi connectivity index (χ1) is 13.7. The van der Waals surface area contributed by atoms with Gasteiger partial charge in [0.1, 0.15) is 18.1 Å². The fourth-order valence-corrected chi connectivity index (χ4v) is 3.30. The summed E-state index contributed by atoms with van der Waals surface area (Å²) in [7, 11) is 2.10. The van der Waals surface area contributed by atoms with Crippen molar-refractivity contribution in [1.29, 1.82) is 0 Å². The normalized spacial score (nSPS) is 14.1. The summed E-state index contributed by atoms with van der Waals surface area (Å²) in [6.45, 7) is 6.47. The lowest BCUT2D eigenvalue weighted by Gasteiger charge is -2.20. The average Bonchev–Trinajstić information content (AvgIpc) is 2.86. The molecule has 0 atom stereocenters. The Balaban J connectivity index is 1.40. The minimum absolute atomic E-state index is 0.0253. The first-order valence-electron chi connectivity index (χ1n) is 9.79. The molecular weight excluding hydrogens is 354 g/mol. The van der Waals surface area contributed by atoms with E-state index in [0.29, 0.717) is 26.3 Å². The Hall–Kier alpha value is -2.73. The van der Waals surface area contributed by atoms with E-state index in [2.05, 4.69) is 46.4 Å². The van der Waals surface area contributed by atoms with Crippen molar-refractivity contribution in [3.8, 4) is 11.5 Å². The maximum Gasteiger partial charge on any atom is 0.234 e. The molecular formula is C22H29N3O3. The van der Waals surface area contributed by atoms with Gasteiger partial charge in [-0.2, -0.15) is 0 Å². The van der Waals surface area contributed by atoms with Crippen LogP contribution in [0.4, 0.5) is 5.69 Å². The molecule has 6 nitrogen and oxygen atoms in total. The monoisotopic (exact) mass is 383 g/mol. The number of nitrogens with one attached hydrogen (secondary N) is 1. The van der Waals surface area contributed by atoms with Crippen LogP contribution in [0.1, 0.15) is 12.5 Å². The lowest BCUT2D eigenvalue weighted by atomic mass is 10.1. The van der Waals surface area contributed by atoms with Gasteiger partial charge in [0.05, 0.1) is 19.7 Å². The number of likely N-dealkylation sites (N-methyl/N-ethyl adjacent to an activating group) is 1. The van der Waals surface area contributed by atoms with Crippen molar-refractivity contribution in [3.05, 3.63) is 54.1 Å². The summed E-state index contributed by atoms with van der Waals surface area (Å²) >= 11 is 0. The molecule has 1 amide bonds. The van der Waals surface area contributed by atoms with Gasteiger partial charge in [-0.05, 0) is 42.8 Å². The summed E-state index contributed by atoms with van der Waals surface area (Å²) in [6.07, 6.45) is 0. The number of hydrogen-bond acceptors (Lipinski definition) is 5. The molecule has 150 valence electrons. The Morgan fingerprint density at radius 1 is 1.04 bits per heavy atom. The molecule has 0 spiro atoms. The number of carbonyl (C=O) groups is 1. The molecule has 1 heterocycles. The minimum atomic E-state index is 0.0253. The molecule has 0 aromatic heterocycles. The van der Waals surface area contributed by atoms with Gasteiger partial charge in [-0.15, -0.1) is 0 Å². The second kappa shape index (κ2) is 9.99. The predicted octanol–water partition coefficient (Wildman–Crippen LogP) is 2.53. The third-order valence-electron chi connectivity index (χ3n) is 4.74. The van der Waals surface area contributed by atoms with Gasteiger partial charge in [-0.3, -0.25) is 9.69 Å². The van der Waals surface area contributed by atoms with Crippen molar-refractivity contribution >= 4 is 11.6 Å². The van der Waals surface area contributed by atoms with Crippen molar-refractivity contribution in [3.63, 3.8) is 0 Å². The summed E-state index contributed by atoms with van der Waals surface area (Å²) in [4.78, 5) is 16.7. The van der Waals surface area contributed by atoms with E-state index in [9.17, 15) is 4.79 Å². The largest absolute Gasteiger partial charge is 0.494 e. The highest BCUT2D eigenvalue weighted by Crippen LogP contribution is 2.23. The third kappa shape index (κ3) is 5.63. The van der Waals surface area contributed by atoms with Crippen molar-refractivity contribution in [1.82, 2.24) is 10.2 Å². The van der Waals surface area contributed by atoms with E-state index < -0.39 is 0 Å². The SMILES string of the molecule is CCOc1ccc(OCCNC(=O)CN2CCN(C)c3ccccc3C2)cc1. The first kappa shape index (κ1) is 20.0. The molecule has 0 fully saturated rings. The van der Waals surface area contributed by atoms with Gasteiger partial charge in [0.15, 0.2) is 0 Å². The summed E-state index contributed by atoms with van der Waals surface area (Å²) in [5.41, 5.74) is 2.50. The van der Waals surface area contributed by atoms with Gasteiger partial charge in [0, 0.05) is 32.4 Å². The van der Waals surface area contributed by atoms with Crippen molar-refractivity contribution < 1.29 is 14.3 Å². The standard InChI is InChI=1S/C22H29N3O3/c1-3-27-19-8-10-20(11-9-19)28-15-12-23-22(26)17-25-14-13-24(2)21-7-5-4-6-18(21)16-25/h4-11H,3,12-17H2,1-2H3,(H,23,26). The van der Waals surface area contributed by atoms with Crippen LogP contribution in [-0.4, -0.2) is 57.2 Å². The number of anilines is 1. The van der Waals surface area contributed by atoms with Gasteiger partial charge in [-0.1, -0.05) is 18.2 Å². The number of ether oxygens (including phenoxy) is 2. The molecule has 0 saturated heterocycles. The molecule has 0 aliphatic carbocycles. The van der Waals surface area contributed by atoms with Gasteiger partial charge in [0.2, 0.25) is 5.91 Å². The van der Waals surface area contributed by atoms with Gasteiger partial charge < -0.3 is 19.7 Å². The highest BCUT2D eigenvalue weighted by molar-refractivity contribution is 5.78. The summed E-state index contributed by atoms with van der Waals surface area (Å²) in [6, 6.07) is 15.9. The van der Waals surface area contributed by atoms with Crippen LogP contribution in [0.2, 0.25) is 0 Å². The van der Waals surface area contributed by atoms with Crippen LogP contribution in [0.5, 0.6) is 11.5 Å². The van der Waals surface area contributed by atoms with E-state index in [1.54, 1.807) is 0 Å². The van der Waals surface area contributed by atoms with Crippen LogP contribution in [-0.2, 0) is 11.3 Å². The van der Waals surface area contributed by atoms with Gasteiger partial charge in [-0.25, -0.2) is 0 Å². The lowest BCUT2D eigenvalue weighted by molar-refractivity contribution is -0.122. The second-order valence-electron chi connectivity index (χ2n) is 6.86. The Bertz CT molecular complexity index is 764. The first-order valence-corrected chi connectivity index (χ1v) is 9.79. The van der Waals surface area contributed by atoms with Gasteiger partial charge >= 0.3 is 0 Å². The van der Waals surface area contributed by atoms with E-state index in [1.165, 1.54) is 11.3 Å². The fourth-order valence-electron chi connectivity index (χ4n) is 3.30. The average molecular weight is 383 g/mol. The predicted molar refractivity (Wildman–Crippen MR) is 111 cm³/mol. The highest BCUT2D eigenvalue weighted by Gasteiger charge is 2.18. The van der Waals surface area contributed by atoms with E-state index in [0.717, 1.165) is 31.1 Å². The van der Waals surface area contributed by atoms with Crippen LogP contribution in [0.15, 0.2) is 48.5 Å². The van der Waals surface area contributed by atoms with Crippen LogP contribution >= 0.6 is 0 Å². The number of hydrogen-bond donors (Lipinski definition) is 1. The second-order valence-corrected chi connectivity index (χ2v) is 6.86. The minimum Gasteiger partial charge on any atom is -0.494 e. The molecule has 1 aliphatic heterocycles. The van der Waals surface area contributed by atoms with Crippen LogP contribution in [0.25, 0.3) is 0 Å². The topological polar surface area (TPSA) is 54.0 Å². The fraction of sp³-hybridized carbons (Fsp3) is 0.409. The van der Waals surface area contributed by atoms with Gasteiger partial charge in [0.25, 0.3) is 0 Å². The molecule has 6 heteroatoms. The Morgan fingerprint density at radius 3 is 2.50 bits per heavy atom. The van der Waals surface area contributed by atoms with E-state index >= 15 is 0 Å². The zero-order chi connectivity index (χ0) is 19.8. The van der Waals surface area contributed by atoms with E-state index in [4.69, 9.17) is 9.47 Å². The molecule has 1 aliphatic rings. The number of benzene rings is 2. The number of fused-ring (bicyclic) bond motifs is 1. The van der Waals surface area contributed by atoms with Crippen molar-refractivity contribution in [2.24, 2.45) is 0 Å². The summed E-state index contributed by atoms with van der Waals surface area (Å²) in [5, 5.41) is 2.94. The number of carbonyl (C=O) groups excluding carboxylic acids is 1. The van der Waals surface area contributed by atoms with Crippen LogP contribution in [0.3, 0.4) is 0 Å². The highest BCUT2D eigenvalue weighted by atomic mass is 16.5. The van der Waals surface area contributed by atoms with Crippen LogP contribution < -0.4 is 19.7 Å². The molecule has 2 aromatic rings. The quantitative estimate of drug-likeness (QED) is 0.710. The molecule has 0 saturated carbocycles. The van der Waals surface area contributed by atoms with Crippen molar-refractivity contribution in [2.45, 2.75) is 13.5 Å². The molecule has 0 unspecified atom stereocenters. The van der Waals surface area contributed by atoms with E-state index in [1.807, 2.05) is 31.2 Å². The summed E-state index contributed by atoms with van der Waals surface area (Å²) in [5.74, 6) is 1.62. The third-order valence-corrected chi connectivity index (χ3v) is 4.74. The number of para-hydroxylation sites is 1. The molecule has 0 bridgehead atoms. The number of amides is 1. The maximum absolute atomic E-state index is 12.3. The summed E-state index contributed by atoms with van der Waals surface area (Å²) < 4.78 is 11.1. The molecule has 28 heavy (non-hydrogen) atoms. The number of nitrogens with zero attached hydrogens (tertiary/aromatic N) is 2. The Kier molecular flexibility index (Phi) is 7.14. The number of rotatable bonds is 8. The maximum atomic E-state index is 12.3. The zero-order valence-electron chi connectivity index (χ0n) is 16.7. The molecule has 1 N–H and O–H groups in total. The molecule has 3 rings (SSSR count). The lowest BCUT2D eigenvalue weighted by Crippen LogP contribution is -2.39.